The summed E-state index contributed by atoms with van der Waals surface area (Å²) in [6, 6.07) is 19.1. The lowest BCUT2D eigenvalue weighted by molar-refractivity contribution is -0.113. The number of sulfone groups is 1. The fourth-order valence-electron chi connectivity index (χ4n) is 3.22. The topological polar surface area (TPSA) is 131 Å². The molecule has 0 spiro atoms. The van der Waals surface area contributed by atoms with E-state index in [1.54, 1.807) is 48.5 Å². The van der Waals surface area contributed by atoms with Gasteiger partial charge < -0.3 is 16.4 Å². The molecule has 1 heterocycles. The maximum Gasteiger partial charge on any atom is 0.239 e. The van der Waals surface area contributed by atoms with Crippen molar-refractivity contribution in [1.82, 2.24) is 4.98 Å². The second-order valence-electron chi connectivity index (χ2n) is 7.48. The first-order chi connectivity index (χ1) is 17.1. The highest BCUT2D eigenvalue weighted by atomic mass is 35.5. The van der Waals surface area contributed by atoms with Crippen LogP contribution in [-0.4, -0.2) is 30.8 Å². The molecule has 8 nitrogen and oxygen atoms in total. The van der Waals surface area contributed by atoms with Crippen LogP contribution < -0.4 is 16.4 Å². The van der Waals surface area contributed by atoms with Gasteiger partial charge in [-0.2, -0.15) is 0 Å². The average Bonchev–Trinajstić information content (AvgIpc) is 3.19. The lowest BCUT2D eigenvalue weighted by Crippen LogP contribution is -2.22. The number of rotatable bonds is 8. The summed E-state index contributed by atoms with van der Waals surface area (Å²) in [5, 5.41) is 6.25. The number of carbonyl (C=O) groups is 2. The highest BCUT2D eigenvalue weighted by molar-refractivity contribution is 7.92. The number of para-hydroxylation sites is 1. The van der Waals surface area contributed by atoms with Crippen LogP contribution >= 0.6 is 34.5 Å². The Kier molecular flexibility index (Phi) is 7.60. The first-order valence-corrected chi connectivity index (χ1v) is 13.6. The van der Waals surface area contributed by atoms with Crippen LogP contribution in [0, 0.1) is 0 Å². The van der Waals surface area contributed by atoms with Gasteiger partial charge >= 0.3 is 0 Å². The normalized spacial score (nSPS) is 11.2. The van der Waals surface area contributed by atoms with E-state index in [0.29, 0.717) is 16.5 Å². The highest BCUT2D eigenvalue weighted by Crippen LogP contribution is 2.34. The quantitative estimate of drug-likeness (QED) is 0.245. The largest absolute Gasteiger partial charge is 0.382 e. The smallest absolute Gasteiger partial charge is 0.239 e. The molecular weight excluding hydrogens is 543 g/mol. The van der Waals surface area contributed by atoms with E-state index in [-0.39, 0.29) is 31.2 Å². The van der Waals surface area contributed by atoms with E-state index >= 15 is 0 Å². The molecule has 0 saturated heterocycles. The zero-order valence-corrected chi connectivity index (χ0v) is 21.5. The molecule has 0 atom stereocenters. The van der Waals surface area contributed by atoms with Crippen LogP contribution in [0.2, 0.25) is 10.0 Å². The molecule has 4 N–H and O–H groups in total. The number of benzene rings is 3. The number of halogens is 2. The van der Waals surface area contributed by atoms with Gasteiger partial charge in [-0.05, 0) is 48.5 Å². The minimum atomic E-state index is -3.86. The number of hydrogen-bond donors (Lipinski definition) is 3. The fourth-order valence-corrected chi connectivity index (χ4v) is 5.77. The molecule has 12 heteroatoms. The van der Waals surface area contributed by atoms with Gasteiger partial charge in [-0.15, -0.1) is 0 Å². The summed E-state index contributed by atoms with van der Waals surface area (Å²) < 4.78 is 25.3. The molecule has 4 rings (SSSR count). The molecule has 0 aliphatic heterocycles. The summed E-state index contributed by atoms with van der Waals surface area (Å²) >= 11 is 13.3. The highest BCUT2D eigenvalue weighted by Gasteiger charge is 2.23. The molecular formula is C24H18Cl2N4O4S2. The Morgan fingerprint density at radius 3 is 2.17 bits per heavy atom. The first-order valence-electron chi connectivity index (χ1n) is 10.3. The number of carbonyl (C=O) groups excluding carboxylic acids is 2. The molecule has 0 saturated carbocycles. The van der Waals surface area contributed by atoms with E-state index < -0.39 is 27.3 Å². The number of thiazole rings is 1. The summed E-state index contributed by atoms with van der Waals surface area (Å²) in [5.74, 6) is -1.79. The number of anilines is 4. The predicted octanol–water partition coefficient (Wildman–Crippen LogP) is 5.42. The molecule has 0 radical (unpaired) electrons. The lowest BCUT2D eigenvalue weighted by atomic mass is 10.1. The molecule has 0 bridgehead atoms. The zero-order valence-electron chi connectivity index (χ0n) is 18.4. The van der Waals surface area contributed by atoms with Crippen LogP contribution in [0.5, 0.6) is 0 Å². The van der Waals surface area contributed by atoms with Crippen molar-refractivity contribution in [3.05, 3.63) is 93.3 Å². The summed E-state index contributed by atoms with van der Waals surface area (Å²) in [4.78, 5) is 29.4. The van der Waals surface area contributed by atoms with Crippen molar-refractivity contribution >= 4 is 78.4 Å². The minimum Gasteiger partial charge on any atom is -0.382 e. The average molecular weight is 561 g/mol. The number of aromatic nitrogens is 1. The van der Waals surface area contributed by atoms with Crippen molar-refractivity contribution in [3.63, 3.8) is 0 Å². The van der Waals surface area contributed by atoms with Crippen LogP contribution in [0.4, 0.5) is 22.3 Å². The third-order valence-electron chi connectivity index (χ3n) is 4.89. The van der Waals surface area contributed by atoms with Gasteiger partial charge in [-0.25, -0.2) is 13.4 Å². The Morgan fingerprint density at radius 1 is 0.889 bits per heavy atom. The molecule has 184 valence electrons. The number of nitrogens with one attached hydrogen (secondary N) is 2. The second kappa shape index (κ2) is 10.7. The third-order valence-corrected chi connectivity index (χ3v) is 8.14. The summed E-state index contributed by atoms with van der Waals surface area (Å²) in [5.41, 5.74) is 7.10. The van der Waals surface area contributed by atoms with E-state index in [4.69, 9.17) is 28.9 Å². The predicted molar refractivity (Wildman–Crippen MR) is 143 cm³/mol. The van der Waals surface area contributed by atoms with E-state index in [1.165, 1.54) is 24.3 Å². The number of nitrogens with zero attached hydrogens (tertiary/aromatic N) is 1. The van der Waals surface area contributed by atoms with E-state index in [1.807, 2.05) is 0 Å². The van der Waals surface area contributed by atoms with Gasteiger partial charge in [-0.3, -0.25) is 9.59 Å². The van der Waals surface area contributed by atoms with Crippen LogP contribution in [0.1, 0.15) is 15.2 Å². The van der Waals surface area contributed by atoms with Crippen LogP contribution in [0.25, 0.3) is 0 Å². The SMILES string of the molecule is Nc1nc(Nc2ccc(S(=O)(=O)CC(=O)Nc3ccccc3)cc2)sc1C(=O)c1c(Cl)cccc1Cl. The van der Waals surface area contributed by atoms with E-state index in [0.717, 1.165) is 11.3 Å². The molecule has 0 aliphatic rings. The standard InChI is InChI=1S/C24H18Cl2N4O4S2/c25-17-7-4-8-18(26)20(17)21(32)22-23(27)30-24(35-22)29-15-9-11-16(12-10-15)36(33,34)13-19(31)28-14-5-2-1-3-6-14/h1-12H,13,27H2,(H,28,31)(H,29,30). The lowest BCUT2D eigenvalue weighted by Gasteiger charge is -2.08. The molecule has 0 fully saturated rings. The Labute approximate surface area is 221 Å². The number of ketones is 1. The van der Waals surface area contributed by atoms with Crippen molar-refractivity contribution in [2.24, 2.45) is 0 Å². The van der Waals surface area contributed by atoms with Crippen molar-refractivity contribution in [3.8, 4) is 0 Å². The molecule has 0 aliphatic carbocycles. The molecule has 0 unspecified atom stereocenters. The van der Waals surface area contributed by atoms with Crippen LogP contribution in [-0.2, 0) is 14.6 Å². The molecule has 1 amide bonds. The minimum absolute atomic E-state index is 0.00659. The Hall–Kier alpha value is -3.44. The van der Waals surface area contributed by atoms with Gasteiger partial charge in [0.25, 0.3) is 0 Å². The number of amides is 1. The monoisotopic (exact) mass is 560 g/mol. The maximum atomic E-state index is 12.9. The van der Waals surface area contributed by atoms with Crippen molar-refractivity contribution < 1.29 is 18.0 Å². The van der Waals surface area contributed by atoms with E-state index in [2.05, 4.69) is 15.6 Å². The van der Waals surface area contributed by atoms with Gasteiger partial charge in [0.2, 0.25) is 11.7 Å². The maximum absolute atomic E-state index is 12.9. The van der Waals surface area contributed by atoms with Gasteiger partial charge in [0, 0.05) is 11.4 Å². The molecule has 3 aromatic carbocycles. The summed E-state index contributed by atoms with van der Waals surface area (Å²) in [6.45, 7) is 0. The summed E-state index contributed by atoms with van der Waals surface area (Å²) in [6.07, 6.45) is 0. The summed E-state index contributed by atoms with van der Waals surface area (Å²) in [7, 11) is -3.86. The Morgan fingerprint density at radius 2 is 1.53 bits per heavy atom. The van der Waals surface area contributed by atoms with Crippen molar-refractivity contribution in [1.29, 1.82) is 0 Å². The van der Waals surface area contributed by atoms with Crippen molar-refractivity contribution in [2.45, 2.75) is 4.90 Å². The van der Waals surface area contributed by atoms with Crippen LogP contribution in [0.15, 0.2) is 77.7 Å². The third kappa shape index (κ3) is 5.85. The Bertz CT molecular complexity index is 1520. The number of nitrogen functional groups attached to an aromatic ring is 1. The van der Waals surface area contributed by atoms with Gasteiger partial charge in [0.1, 0.15) is 16.4 Å². The zero-order chi connectivity index (χ0) is 25.9. The molecule has 4 aromatic rings. The van der Waals surface area contributed by atoms with Gasteiger partial charge in [0.15, 0.2) is 15.0 Å². The molecule has 1 aromatic heterocycles. The number of hydrogen-bond acceptors (Lipinski definition) is 8. The van der Waals surface area contributed by atoms with E-state index in [9.17, 15) is 18.0 Å². The molecule has 36 heavy (non-hydrogen) atoms. The van der Waals surface area contributed by atoms with Crippen LogP contribution in [0.3, 0.4) is 0 Å². The number of nitrogens with two attached hydrogens (primary N) is 1. The fraction of sp³-hybridized carbons (Fsp3) is 0.0417. The second-order valence-corrected chi connectivity index (χ2v) is 11.3. The van der Waals surface area contributed by atoms with Gasteiger partial charge in [0.05, 0.1) is 20.5 Å². The first kappa shape index (κ1) is 25.6. The Balaban J connectivity index is 1.45. The van der Waals surface area contributed by atoms with Crippen molar-refractivity contribution in [2.75, 3.05) is 22.1 Å². The van der Waals surface area contributed by atoms with Gasteiger partial charge in [-0.1, -0.05) is 58.8 Å².